The van der Waals surface area contributed by atoms with Crippen LogP contribution >= 0.6 is 11.6 Å². The Kier molecular flexibility index (Phi) is 3.99. The third-order valence-corrected chi connectivity index (χ3v) is 3.41. The third-order valence-electron chi connectivity index (χ3n) is 3.16. The number of allylic oxidation sites excluding steroid dienone is 1. The van der Waals surface area contributed by atoms with Crippen LogP contribution in [0.5, 0.6) is 0 Å². The molecule has 0 unspecified atom stereocenters. The van der Waals surface area contributed by atoms with Crippen molar-refractivity contribution < 1.29 is 0 Å². The number of hydrogen-bond acceptors (Lipinski definition) is 3. The van der Waals surface area contributed by atoms with E-state index in [1.165, 1.54) is 0 Å². The van der Waals surface area contributed by atoms with Crippen molar-refractivity contribution in [1.82, 2.24) is 15.2 Å². The molecule has 2 aromatic heterocycles. The molecule has 0 spiro atoms. The minimum Gasteiger partial charge on any atom is -0.277 e. The smallest absolute Gasteiger partial charge is 0.101 e. The molecule has 4 nitrogen and oxygen atoms in total. The van der Waals surface area contributed by atoms with Gasteiger partial charge in [-0.1, -0.05) is 29.8 Å². The van der Waals surface area contributed by atoms with E-state index in [0.717, 1.165) is 16.8 Å². The highest BCUT2D eigenvalue weighted by Gasteiger charge is 2.08. The molecular formula is C17H11ClN4. The van der Waals surface area contributed by atoms with Crippen molar-refractivity contribution in [3.05, 3.63) is 71.1 Å². The van der Waals surface area contributed by atoms with Gasteiger partial charge in [0.2, 0.25) is 0 Å². The Morgan fingerprint density at radius 3 is 2.68 bits per heavy atom. The number of benzene rings is 1. The number of aromatic amines is 1. The summed E-state index contributed by atoms with van der Waals surface area (Å²) >= 11 is 5.91. The largest absolute Gasteiger partial charge is 0.277 e. The number of H-pyrrole nitrogens is 1. The highest BCUT2D eigenvalue weighted by atomic mass is 35.5. The average molecular weight is 307 g/mol. The third kappa shape index (κ3) is 2.90. The molecule has 0 saturated heterocycles. The molecular weight excluding hydrogens is 296 g/mol. The lowest BCUT2D eigenvalue weighted by Crippen LogP contribution is -1.87. The first-order valence-electron chi connectivity index (χ1n) is 6.60. The van der Waals surface area contributed by atoms with Crippen molar-refractivity contribution >= 4 is 23.3 Å². The Morgan fingerprint density at radius 2 is 2.00 bits per heavy atom. The van der Waals surface area contributed by atoms with E-state index in [1.807, 2.05) is 36.4 Å². The second-order valence-corrected chi connectivity index (χ2v) is 5.03. The van der Waals surface area contributed by atoms with Crippen molar-refractivity contribution in [2.75, 3.05) is 0 Å². The monoisotopic (exact) mass is 306 g/mol. The van der Waals surface area contributed by atoms with Crippen molar-refractivity contribution in [2.24, 2.45) is 0 Å². The zero-order valence-electron chi connectivity index (χ0n) is 11.5. The van der Waals surface area contributed by atoms with E-state index in [0.29, 0.717) is 16.3 Å². The molecule has 2 heterocycles. The zero-order valence-corrected chi connectivity index (χ0v) is 12.2. The van der Waals surface area contributed by atoms with Gasteiger partial charge in [0.15, 0.2) is 0 Å². The Labute approximate surface area is 132 Å². The molecule has 22 heavy (non-hydrogen) atoms. The molecule has 0 saturated carbocycles. The van der Waals surface area contributed by atoms with E-state index in [1.54, 1.807) is 24.5 Å². The fourth-order valence-corrected chi connectivity index (χ4v) is 2.22. The SMILES string of the molecule is N#CC(=Cc1cn[nH]c1-c1ccc(Cl)cc1)c1ccccn1. The number of nitrogens with zero attached hydrogens (tertiary/aromatic N) is 3. The van der Waals surface area contributed by atoms with Crippen LogP contribution in [0.15, 0.2) is 54.9 Å². The van der Waals surface area contributed by atoms with E-state index in [9.17, 15) is 5.26 Å². The number of halogens is 1. The summed E-state index contributed by atoms with van der Waals surface area (Å²) in [6, 6.07) is 15.1. The van der Waals surface area contributed by atoms with Crippen LogP contribution < -0.4 is 0 Å². The van der Waals surface area contributed by atoms with Crippen LogP contribution in [0.2, 0.25) is 5.02 Å². The normalized spacial score (nSPS) is 11.2. The fourth-order valence-electron chi connectivity index (χ4n) is 2.09. The van der Waals surface area contributed by atoms with Gasteiger partial charge in [0, 0.05) is 22.3 Å². The van der Waals surface area contributed by atoms with E-state index in [4.69, 9.17) is 11.6 Å². The van der Waals surface area contributed by atoms with Crippen molar-refractivity contribution in [2.45, 2.75) is 0 Å². The van der Waals surface area contributed by atoms with E-state index < -0.39 is 0 Å². The van der Waals surface area contributed by atoms with Crippen molar-refractivity contribution in [1.29, 1.82) is 5.26 Å². The van der Waals surface area contributed by atoms with E-state index >= 15 is 0 Å². The molecule has 5 heteroatoms. The van der Waals surface area contributed by atoms with Gasteiger partial charge in [-0.25, -0.2) is 0 Å². The predicted molar refractivity (Wildman–Crippen MR) is 86.8 cm³/mol. The molecule has 0 bridgehead atoms. The van der Waals surface area contributed by atoms with Crippen molar-refractivity contribution in [3.8, 4) is 17.3 Å². The first-order valence-corrected chi connectivity index (χ1v) is 6.98. The predicted octanol–water partition coefficient (Wildman–Crippen LogP) is 4.19. The number of hydrogen-bond donors (Lipinski definition) is 1. The summed E-state index contributed by atoms with van der Waals surface area (Å²) in [5, 5.41) is 17.1. The minimum absolute atomic E-state index is 0.484. The van der Waals surface area contributed by atoms with Gasteiger partial charge in [-0.05, 0) is 30.3 Å². The summed E-state index contributed by atoms with van der Waals surface area (Å²) in [7, 11) is 0. The molecule has 0 aliphatic carbocycles. The highest BCUT2D eigenvalue weighted by Crippen LogP contribution is 2.26. The highest BCUT2D eigenvalue weighted by molar-refractivity contribution is 6.30. The summed E-state index contributed by atoms with van der Waals surface area (Å²) in [5.74, 6) is 0. The van der Waals surface area contributed by atoms with Crippen LogP contribution in [0.25, 0.3) is 22.9 Å². The Bertz CT molecular complexity index is 842. The molecule has 3 aromatic rings. The maximum atomic E-state index is 9.37. The number of aromatic nitrogens is 3. The minimum atomic E-state index is 0.484. The van der Waals surface area contributed by atoms with Gasteiger partial charge >= 0.3 is 0 Å². The molecule has 3 rings (SSSR count). The van der Waals surface area contributed by atoms with Crippen LogP contribution in [0.3, 0.4) is 0 Å². The first kappa shape index (κ1) is 14.1. The van der Waals surface area contributed by atoms with E-state index in [2.05, 4.69) is 21.3 Å². The molecule has 0 aliphatic heterocycles. The molecule has 1 N–H and O–H groups in total. The lowest BCUT2D eigenvalue weighted by molar-refractivity contribution is 1.10. The van der Waals surface area contributed by atoms with Crippen LogP contribution in [0, 0.1) is 11.3 Å². The Morgan fingerprint density at radius 1 is 1.18 bits per heavy atom. The number of rotatable bonds is 3. The standard InChI is InChI=1S/C17H11ClN4/c18-15-6-4-12(5-7-15)17-14(11-21-22-17)9-13(10-19)16-3-1-2-8-20-16/h1-9,11H,(H,21,22). The lowest BCUT2D eigenvalue weighted by Gasteiger charge is -2.01. The second-order valence-electron chi connectivity index (χ2n) is 4.59. The number of nitrogens with one attached hydrogen (secondary N) is 1. The summed E-state index contributed by atoms with van der Waals surface area (Å²) < 4.78 is 0. The second kappa shape index (κ2) is 6.25. The van der Waals surface area contributed by atoms with Crippen molar-refractivity contribution in [3.63, 3.8) is 0 Å². The molecule has 1 aromatic carbocycles. The molecule has 0 atom stereocenters. The molecule has 0 aliphatic rings. The fraction of sp³-hybridized carbons (Fsp3) is 0. The molecule has 0 fully saturated rings. The summed E-state index contributed by atoms with van der Waals surface area (Å²) in [6.07, 6.45) is 5.12. The quantitative estimate of drug-likeness (QED) is 0.738. The van der Waals surface area contributed by atoms with Gasteiger partial charge < -0.3 is 0 Å². The average Bonchev–Trinajstić information content (AvgIpc) is 3.02. The molecule has 0 radical (unpaired) electrons. The number of pyridine rings is 1. The Hall–Kier alpha value is -2.90. The summed E-state index contributed by atoms with van der Waals surface area (Å²) in [6.45, 7) is 0. The molecule has 106 valence electrons. The maximum Gasteiger partial charge on any atom is 0.101 e. The zero-order chi connectivity index (χ0) is 15.4. The van der Waals surface area contributed by atoms with Gasteiger partial charge in [-0.2, -0.15) is 10.4 Å². The van der Waals surface area contributed by atoms with Crippen LogP contribution in [0.4, 0.5) is 0 Å². The summed E-state index contributed by atoms with van der Waals surface area (Å²) in [5.41, 5.74) is 3.72. The molecule has 0 amide bonds. The van der Waals surface area contributed by atoms with Crippen LogP contribution in [0.1, 0.15) is 11.3 Å². The van der Waals surface area contributed by atoms with Gasteiger partial charge in [-0.3, -0.25) is 10.1 Å². The van der Waals surface area contributed by atoms with Gasteiger partial charge in [0.25, 0.3) is 0 Å². The van der Waals surface area contributed by atoms with Crippen LogP contribution in [-0.4, -0.2) is 15.2 Å². The van der Waals surface area contributed by atoms with Crippen LogP contribution in [-0.2, 0) is 0 Å². The van der Waals surface area contributed by atoms with Gasteiger partial charge in [0.05, 0.1) is 23.2 Å². The Balaban J connectivity index is 2.03. The van der Waals surface area contributed by atoms with E-state index in [-0.39, 0.29) is 0 Å². The summed E-state index contributed by atoms with van der Waals surface area (Å²) in [4.78, 5) is 4.21. The van der Waals surface area contributed by atoms with Gasteiger partial charge in [0.1, 0.15) is 6.07 Å². The topological polar surface area (TPSA) is 65.4 Å². The lowest BCUT2D eigenvalue weighted by atomic mass is 10.0. The number of nitriles is 1. The van der Waals surface area contributed by atoms with Gasteiger partial charge in [-0.15, -0.1) is 0 Å². The first-order chi connectivity index (χ1) is 10.8. The maximum absolute atomic E-state index is 9.37.